The zero-order valence-electron chi connectivity index (χ0n) is 10.8. The Balaban J connectivity index is 2.22. The van der Waals surface area contributed by atoms with Gasteiger partial charge < -0.3 is 5.21 Å². The van der Waals surface area contributed by atoms with Crippen LogP contribution in [0.5, 0.6) is 0 Å². The molecule has 3 nitrogen and oxygen atoms in total. The van der Waals surface area contributed by atoms with Gasteiger partial charge in [-0.2, -0.15) is 13.2 Å². The first kappa shape index (κ1) is 15.8. The van der Waals surface area contributed by atoms with Crippen LogP contribution in [-0.2, 0) is 12.6 Å². The van der Waals surface area contributed by atoms with Crippen LogP contribution in [0.2, 0.25) is 5.02 Å². The normalized spacial score (nSPS) is 12.7. The Bertz CT molecular complexity index is 682. The van der Waals surface area contributed by atoms with Crippen molar-refractivity contribution in [3.05, 3.63) is 50.4 Å². The fourth-order valence-corrected chi connectivity index (χ4v) is 2.82. The number of nitrogens with zero attached hydrogens (tertiary/aromatic N) is 2. The van der Waals surface area contributed by atoms with Crippen LogP contribution in [0.3, 0.4) is 0 Å². The number of pyridine rings is 1. The van der Waals surface area contributed by atoms with Crippen LogP contribution in [0.1, 0.15) is 27.9 Å². The van der Waals surface area contributed by atoms with E-state index in [1.807, 2.05) is 0 Å². The van der Waals surface area contributed by atoms with E-state index in [9.17, 15) is 13.2 Å². The van der Waals surface area contributed by atoms with Gasteiger partial charge in [0.25, 0.3) is 0 Å². The molecule has 0 atom stereocenters. The molecule has 2 aromatic rings. The van der Waals surface area contributed by atoms with Crippen molar-refractivity contribution in [1.82, 2.24) is 4.98 Å². The first-order valence-corrected chi connectivity index (χ1v) is 7.00. The Kier molecular flexibility index (Phi) is 4.53. The maximum atomic E-state index is 12.5. The molecule has 8 heteroatoms. The van der Waals surface area contributed by atoms with Gasteiger partial charge in [0.15, 0.2) is 0 Å². The second-order valence-electron chi connectivity index (χ2n) is 4.28. The maximum Gasteiger partial charge on any atom is 0.417 e. The molecule has 0 radical (unpaired) electrons. The van der Waals surface area contributed by atoms with E-state index in [1.54, 1.807) is 19.1 Å². The molecule has 0 unspecified atom stereocenters. The van der Waals surface area contributed by atoms with E-state index in [-0.39, 0.29) is 5.02 Å². The Morgan fingerprint density at radius 1 is 1.43 bits per heavy atom. The number of alkyl halides is 3. The molecule has 0 aliphatic rings. The predicted molar refractivity (Wildman–Crippen MR) is 75.4 cm³/mol. The van der Waals surface area contributed by atoms with Gasteiger partial charge in [-0.15, -0.1) is 11.3 Å². The fourth-order valence-electron chi connectivity index (χ4n) is 1.63. The van der Waals surface area contributed by atoms with Gasteiger partial charge in [-0.3, -0.25) is 4.98 Å². The van der Waals surface area contributed by atoms with Crippen LogP contribution < -0.4 is 0 Å². The average Bonchev–Trinajstić information content (AvgIpc) is 2.87. The molecule has 0 fully saturated rings. The molecule has 112 valence electrons. The number of hydrogen-bond donors (Lipinski definition) is 1. The van der Waals surface area contributed by atoms with Crippen molar-refractivity contribution < 1.29 is 18.4 Å². The van der Waals surface area contributed by atoms with Gasteiger partial charge >= 0.3 is 6.18 Å². The minimum atomic E-state index is -4.46. The highest BCUT2D eigenvalue weighted by molar-refractivity contribution is 7.14. The smallest absolute Gasteiger partial charge is 0.411 e. The van der Waals surface area contributed by atoms with Crippen LogP contribution in [0.15, 0.2) is 29.6 Å². The van der Waals surface area contributed by atoms with Gasteiger partial charge in [0.2, 0.25) is 0 Å². The second-order valence-corrected chi connectivity index (χ2v) is 5.85. The molecule has 0 saturated carbocycles. The maximum absolute atomic E-state index is 12.5. The lowest BCUT2D eigenvalue weighted by molar-refractivity contribution is -0.137. The van der Waals surface area contributed by atoms with Gasteiger partial charge in [0.1, 0.15) is 0 Å². The molecule has 2 aromatic heterocycles. The van der Waals surface area contributed by atoms with Gasteiger partial charge in [0, 0.05) is 17.5 Å². The first-order chi connectivity index (χ1) is 9.81. The molecule has 0 aliphatic heterocycles. The number of hydrogen-bond acceptors (Lipinski definition) is 4. The highest BCUT2D eigenvalue weighted by atomic mass is 35.5. The molecule has 2 rings (SSSR count). The number of thiophene rings is 1. The fraction of sp³-hybridized carbons (Fsp3) is 0.231. The molecule has 0 aliphatic carbocycles. The molecule has 2 heterocycles. The summed E-state index contributed by atoms with van der Waals surface area (Å²) in [4.78, 5) is 5.43. The van der Waals surface area contributed by atoms with Gasteiger partial charge in [-0.25, -0.2) is 0 Å². The standard InChI is InChI=1S/C13H10ClF3N2OS/c1-7(19-20)12-3-2-9(21-12)5-11-10(14)4-8(6-18-11)13(15,16)17/h2-4,6,20H,5H2,1H3. The summed E-state index contributed by atoms with van der Waals surface area (Å²) >= 11 is 7.23. The van der Waals surface area contributed by atoms with E-state index in [4.69, 9.17) is 16.8 Å². The van der Waals surface area contributed by atoms with Crippen molar-refractivity contribution in [1.29, 1.82) is 0 Å². The highest BCUT2D eigenvalue weighted by Gasteiger charge is 2.31. The highest BCUT2D eigenvalue weighted by Crippen LogP contribution is 2.32. The Morgan fingerprint density at radius 2 is 2.14 bits per heavy atom. The monoisotopic (exact) mass is 334 g/mol. The number of halogens is 4. The van der Waals surface area contributed by atoms with Crippen LogP contribution in [-0.4, -0.2) is 15.9 Å². The van der Waals surface area contributed by atoms with Crippen molar-refractivity contribution in [2.24, 2.45) is 5.16 Å². The third-order valence-corrected chi connectivity index (χ3v) is 4.28. The Morgan fingerprint density at radius 3 is 2.71 bits per heavy atom. The van der Waals surface area contributed by atoms with E-state index in [2.05, 4.69) is 10.1 Å². The number of oxime groups is 1. The molecular weight excluding hydrogens is 325 g/mol. The Hall–Kier alpha value is -1.60. The SMILES string of the molecule is CC(=NO)c1ccc(Cc2ncc(C(F)(F)F)cc2Cl)s1. The van der Waals surface area contributed by atoms with Gasteiger partial charge in [-0.05, 0) is 25.1 Å². The summed E-state index contributed by atoms with van der Waals surface area (Å²) < 4.78 is 37.6. The molecule has 0 aromatic carbocycles. The lowest BCUT2D eigenvalue weighted by atomic mass is 10.2. The third-order valence-electron chi connectivity index (χ3n) is 2.75. The van der Waals surface area contributed by atoms with Gasteiger partial charge in [0.05, 0.1) is 26.9 Å². The summed E-state index contributed by atoms with van der Waals surface area (Å²) in [6.07, 6.45) is -3.36. The minimum Gasteiger partial charge on any atom is -0.411 e. The lowest BCUT2D eigenvalue weighted by Gasteiger charge is -2.08. The zero-order valence-corrected chi connectivity index (χ0v) is 12.4. The van der Waals surface area contributed by atoms with Crippen LogP contribution in [0, 0.1) is 0 Å². The van der Waals surface area contributed by atoms with Crippen LogP contribution in [0.25, 0.3) is 0 Å². The zero-order chi connectivity index (χ0) is 15.6. The first-order valence-electron chi connectivity index (χ1n) is 5.80. The largest absolute Gasteiger partial charge is 0.417 e. The van der Waals surface area contributed by atoms with Crippen LogP contribution >= 0.6 is 22.9 Å². The van der Waals surface area contributed by atoms with E-state index in [0.29, 0.717) is 17.8 Å². The van der Waals surface area contributed by atoms with Crippen molar-refractivity contribution in [2.75, 3.05) is 0 Å². The van der Waals surface area contributed by atoms with Crippen molar-refractivity contribution in [2.45, 2.75) is 19.5 Å². The summed E-state index contributed by atoms with van der Waals surface area (Å²) in [5, 5.41) is 11.8. The van der Waals surface area contributed by atoms with Gasteiger partial charge in [-0.1, -0.05) is 16.8 Å². The predicted octanol–water partition coefficient (Wildman–Crippen LogP) is 4.60. The summed E-state index contributed by atoms with van der Waals surface area (Å²) in [5.74, 6) is 0. The quantitative estimate of drug-likeness (QED) is 0.506. The summed E-state index contributed by atoms with van der Waals surface area (Å²) in [7, 11) is 0. The van der Waals surface area contributed by atoms with Crippen molar-refractivity contribution >= 4 is 28.6 Å². The minimum absolute atomic E-state index is 0.0210. The lowest BCUT2D eigenvalue weighted by Crippen LogP contribution is -2.06. The van der Waals surface area contributed by atoms with Crippen molar-refractivity contribution in [3.63, 3.8) is 0 Å². The molecule has 0 amide bonds. The van der Waals surface area contributed by atoms with E-state index >= 15 is 0 Å². The molecule has 0 bridgehead atoms. The number of aromatic nitrogens is 1. The van der Waals surface area contributed by atoms with Crippen molar-refractivity contribution in [3.8, 4) is 0 Å². The van der Waals surface area contributed by atoms with E-state index < -0.39 is 11.7 Å². The molecule has 1 N–H and O–H groups in total. The van der Waals surface area contributed by atoms with Crippen LogP contribution in [0.4, 0.5) is 13.2 Å². The molecule has 0 spiro atoms. The summed E-state index contributed by atoms with van der Waals surface area (Å²) in [6.45, 7) is 1.65. The summed E-state index contributed by atoms with van der Waals surface area (Å²) in [5.41, 5.74) is -0.0271. The van der Waals surface area contributed by atoms with E-state index in [1.165, 1.54) is 11.3 Å². The molecule has 21 heavy (non-hydrogen) atoms. The summed E-state index contributed by atoms with van der Waals surface area (Å²) in [6, 6.07) is 4.44. The topological polar surface area (TPSA) is 45.5 Å². The number of rotatable bonds is 3. The second kappa shape index (κ2) is 6.03. The molecular formula is C13H10ClF3N2OS. The Labute approximate surface area is 127 Å². The third kappa shape index (κ3) is 3.74. The average molecular weight is 335 g/mol. The van der Waals surface area contributed by atoms with E-state index in [0.717, 1.165) is 22.0 Å². The molecule has 0 saturated heterocycles.